The van der Waals surface area contributed by atoms with Gasteiger partial charge in [-0.2, -0.15) is 3.77 Å². The SMILES string of the molecule is O=S1(c2ccc(OC(F)(F)F)cc2)=NSc2cc(OC(F)(F)F)ccc21. The standard InChI is InChI=1S/C14H7F6NO3S2/c15-13(16,17)23-8-1-4-10(5-2-8)26(22)12-6-3-9(24-14(18,19)20)7-11(12)25-21-26/h1-7H. The van der Waals surface area contributed by atoms with Crippen molar-refractivity contribution < 1.29 is 40.0 Å². The predicted molar refractivity (Wildman–Crippen MR) is 79.2 cm³/mol. The molecule has 0 bridgehead atoms. The Labute approximate surface area is 147 Å². The Morgan fingerprint density at radius 2 is 1.38 bits per heavy atom. The molecule has 0 aromatic heterocycles. The van der Waals surface area contributed by atoms with Gasteiger partial charge in [0.2, 0.25) is 0 Å². The van der Waals surface area contributed by atoms with Crippen molar-refractivity contribution in [2.75, 3.05) is 0 Å². The molecule has 1 aliphatic rings. The monoisotopic (exact) mass is 415 g/mol. The molecule has 0 fully saturated rings. The van der Waals surface area contributed by atoms with Crippen LogP contribution in [0.15, 0.2) is 60.9 Å². The minimum Gasteiger partial charge on any atom is -0.406 e. The lowest BCUT2D eigenvalue weighted by Gasteiger charge is -2.12. The van der Waals surface area contributed by atoms with E-state index in [0.717, 1.165) is 36.4 Å². The summed E-state index contributed by atoms with van der Waals surface area (Å²) in [6, 6.07) is 7.50. The van der Waals surface area contributed by atoms with Gasteiger partial charge in [-0.15, -0.1) is 26.3 Å². The Balaban J connectivity index is 1.90. The van der Waals surface area contributed by atoms with E-state index < -0.39 is 34.0 Å². The maximum atomic E-state index is 13.1. The van der Waals surface area contributed by atoms with Crippen molar-refractivity contribution in [3.8, 4) is 11.5 Å². The zero-order chi connectivity index (χ0) is 19.2. The Hall–Kier alpha value is -2.08. The number of nitrogens with zero attached hydrogens (tertiary/aromatic N) is 1. The first-order valence-electron chi connectivity index (χ1n) is 6.65. The molecule has 140 valence electrons. The van der Waals surface area contributed by atoms with Crippen LogP contribution < -0.4 is 9.47 Å². The first-order chi connectivity index (χ1) is 12.0. The molecule has 3 rings (SSSR count). The number of benzene rings is 2. The van der Waals surface area contributed by atoms with E-state index in [1.165, 1.54) is 6.07 Å². The van der Waals surface area contributed by atoms with Crippen LogP contribution in [-0.2, 0) is 9.73 Å². The van der Waals surface area contributed by atoms with Crippen molar-refractivity contribution in [2.45, 2.75) is 27.4 Å². The quantitative estimate of drug-likeness (QED) is 0.498. The molecule has 1 unspecified atom stereocenters. The van der Waals surface area contributed by atoms with Crippen LogP contribution in [0.4, 0.5) is 26.3 Å². The maximum Gasteiger partial charge on any atom is 0.573 e. The van der Waals surface area contributed by atoms with Gasteiger partial charge in [0, 0.05) is 11.9 Å². The summed E-state index contributed by atoms with van der Waals surface area (Å²) in [6.07, 6.45) is -9.73. The zero-order valence-electron chi connectivity index (χ0n) is 12.3. The van der Waals surface area contributed by atoms with E-state index in [1.54, 1.807) is 0 Å². The van der Waals surface area contributed by atoms with Gasteiger partial charge in [0.05, 0.1) is 14.7 Å². The van der Waals surface area contributed by atoms with Crippen molar-refractivity contribution in [3.05, 3.63) is 42.5 Å². The minimum absolute atomic E-state index is 0.0998. The van der Waals surface area contributed by atoms with E-state index in [2.05, 4.69) is 13.2 Å². The smallest absolute Gasteiger partial charge is 0.406 e. The summed E-state index contributed by atoms with van der Waals surface area (Å²) in [7, 11) is -3.20. The Kier molecular flexibility index (Phi) is 4.51. The number of fused-ring (bicyclic) bond motifs is 1. The normalized spacial score (nSPS) is 19.6. The third kappa shape index (κ3) is 4.01. The van der Waals surface area contributed by atoms with Gasteiger partial charge in [-0.05, 0) is 42.5 Å². The molecule has 0 saturated heterocycles. The van der Waals surface area contributed by atoms with Crippen molar-refractivity contribution in [3.63, 3.8) is 0 Å². The highest BCUT2D eigenvalue weighted by Crippen LogP contribution is 2.44. The van der Waals surface area contributed by atoms with E-state index in [1.807, 2.05) is 0 Å². The van der Waals surface area contributed by atoms with Crippen LogP contribution >= 0.6 is 11.9 Å². The number of rotatable bonds is 3. The largest absolute Gasteiger partial charge is 0.573 e. The van der Waals surface area contributed by atoms with Crippen LogP contribution in [0.1, 0.15) is 0 Å². The van der Waals surface area contributed by atoms with Gasteiger partial charge < -0.3 is 9.47 Å². The molecule has 0 N–H and O–H groups in total. The van der Waals surface area contributed by atoms with Gasteiger partial charge in [0.1, 0.15) is 21.2 Å². The van der Waals surface area contributed by atoms with Gasteiger partial charge in [-0.3, -0.25) is 0 Å². The molecule has 2 aromatic rings. The predicted octanol–water partition coefficient (Wildman–Crippen LogP) is 5.39. The molecule has 26 heavy (non-hydrogen) atoms. The fourth-order valence-corrected chi connectivity index (χ4v) is 5.64. The molecule has 0 radical (unpaired) electrons. The van der Waals surface area contributed by atoms with Crippen LogP contribution in [0.3, 0.4) is 0 Å². The Morgan fingerprint density at radius 3 is 1.96 bits per heavy atom. The first kappa shape index (κ1) is 18.7. The summed E-state index contributed by atoms with van der Waals surface area (Å²) < 4.78 is 97.8. The summed E-state index contributed by atoms with van der Waals surface area (Å²) in [5.41, 5.74) is 0. The van der Waals surface area contributed by atoms with Gasteiger partial charge in [-0.25, -0.2) is 4.21 Å². The lowest BCUT2D eigenvalue weighted by Crippen LogP contribution is -2.17. The Bertz CT molecular complexity index is 947. The molecule has 1 heterocycles. The van der Waals surface area contributed by atoms with Gasteiger partial charge >= 0.3 is 12.7 Å². The third-order valence-corrected chi connectivity index (χ3v) is 6.73. The van der Waals surface area contributed by atoms with Crippen LogP contribution in [-0.4, -0.2) is 16.9 Å². The highest BCUT2D eigenvalue weighted by atomic mass is 32.2. The maximum absolute atomic E-state index is 13.1. The summed E-state index contributed by atoms with van der Waals surface area (Å²) in [4.78, 5) is 0.455. The minimum atomic E-state index is -4.87. The summed E-state index contributed by atoms with van der Waals surface area (Å²) in [5.74, 6) is -0.986. The number of ether oxygens (including phenoxy) is 2. The molecule has 0 saturated carbocycles. The Morgan fingerprint density at radius 1 is 0.846 bits per heavy atom. The van der Waals surface area contributed by atoms with E-state index in [-0.39, 0.29) is 14.7 Å². The van der Waals surface area contributed by atoms with Crippen molar-refractivity contribution in [1.82, 2.24) is 0 Å². The molecule has 0 amide bonds. The number of alkyl halides is 6. The molecule has 4 nitrogen and oxygen atoms in total. The average Bonchev–Trinajstić information content (AvgIpc) is 2.83. The molecular formula is C14H7F6NO3S2. The second-order valence-electron chi connectivity index (χ2n) is 4.87. The second kappa shape index (κ2) is 6.27. The van der Waals surface area contributed by atoms with E-state index in [0.29, 0.717) is 11.9 Å². The summed E-state index contributed by atoms with van der Waals surface area (Å²) >= 11 is 0.715. The first-order valence-corrected chi connectivity index (χ1v) is 8.94. The van der Waals surface area contributed by atoms with Crippen LogP contribution in [0, 0.1) is 0 Å². The molecule has 12 heteroatoms. The fraction of sp³-hybridized carbons (Fsp3) is 0.143. The lowest BCUT2D eigenvalue weighted by atomic mass is 10.3. The molecule has 0 aliphatic carbocycles. The van der Waals surface area contributed by atoms with Crippen molar-refractivity contribution in [1.29, 1.82) is 0 Å². The molecular weight excluding hydrogens is 408 g/mol. The van der Waals surface area contributed by atoms with E-state index >= 15 is 0 Å². The molecule has 1 aliphatic heterocycles. The van der Waals surface area contributed by atoms with Crippen molar-refractivity contribution >= 4 is 21.7 Å². The number of halogens is 6. The topological polar surface area (TPSA) is 47.9 Å². The van der Waals surface area contributed by atoms with Crippen molar-refractivity contribution in [2.24, 2.45) is 3.77 Å². The lowest BCUT2D eigenvalue weighted by molar-refractivity contribution is -0.275. The van der Waals surface area contributed by atoms with E-state index in [9.17, 15) is 30.6 Å². The third-order valence-electron chi connectivity index (χ3n) is 3.06. The van der Waals surface area contributed by atoms with Gasteiger partial charge in [-0.1, -0.05) is 0 Å². The zero-order valence-corrected chi connectivity index (χ0v) is 13.9. The van der Waals surface area contributed by atoms with Gasteiger partial charge in [0.25, 0.3) is 0 Å². The molecule has 1 atom stereocenters. The number of hydrogen-bond acceptors (Lipinski definition) is 5. The average molecular weight is 415 g/mol. The highest BCUT2D eigenvalue weighted by Gasteiger charge is 2.33. The highest BCUT2D eigenvalue weighted by molar-refractivity contribution is 8.10. The van der Waals surface area contributed by atoms with Crippen LogP contribution in [0.2, 0.25) is 0 Å². The van der Waals surface area contributed by atoms with Crippen LogP contribution in [0.5, 0.6) is 11.5 Å². The number of hydrogen-bond donors (Lipinski definition) is 0. The fourth-order valence-electron chi connectivity index (χ4n) is 2.11. The second-order valence-corrected chi connectivity index (χ2v) is 8.05. The van der Waals surface area contributed by atoms with E-state index in [4.69, 9.17) is 0 Å². The van der Waals surface area contributed by atoms with Crippen LogP contribution in [0.25, 0.3) is 0 Å². The summed E-state index contributed by atoms with van der Waals surface area (Å²) in [5, 5.41) is 0. The molecule has 0 spiro atoms. The molecule has 2 aromatic carbocycles. The van der Waals surface area contributed by atoms with Gasteiger partial charge in [0.15, 0.2) is 0 Å². The summed E-state index contributed by atoms with van der Waals surface area (Å²) in [6.45, 7) is 0.